The van der Waals surface area contributed by atoms with E-state index in [0.29, 0.717) is 23.9 Å². The van der Waals surface area contributed by atoms with E-state index in [9.17, 15) is 8.42 Å². The van der Waals surface area contributed by atoms with Gasteiger partial charge in [-0.05, 0) is 38.1 Å². The van der Waals surface area contributed by atoms with Gasteiger partial charge in [-0.25, -0.2) is 8.42 Å². The lowest BCUT2D eigenvalue weighted by Crippen LogP contribution is -2.51. The number of aryl methyl sites for hydroxylation is 1. The molecule has 0 spiro atoms. The fourth-order valence-electron chi connectivity index (χ4n) is 2.32. The predicted octanol–water partition coefficient (Wildman–Crippen LogP) is 1.79. The van der Waals surface area contributed by atoms with Crippen LogP contribution in [-0.4, -0.2) is 56.2 Å². The second-order valence-electron chi connectivity index (χ2n) is 5.28. The third kappa shape index (κ3) is 3.34. The normalized spacial score (nSPS) is 22.1. The number of benzene rings is 1. The van der Waals surface area contributed by atoms with Crippen LogP contribution in [0.4, 0.5) is 0 Å². The molecule has 1 aromatic rings. The average molecular weight is 317 g/mol. The third-order valence-corrected chi connectivity index (χ3v) is 5.94. The van der Waals surface area contributed by atoms with E-state index < -0.39 is 10.0 Å². The standard InChI is InChI=1S/C14H21ClN2O2S/c1-12-11-17(10-9-16(12)2)20(18,19)14-5-3-13(4-6-14)7-8-15/h3-6,12H,7-11H2,1-2H3. The van der Waals surface area contributed by atoms with Crippen molar-refractivity contribution >= 4 is 21.6 Å². The van der Waals surface area contributed by atoms with Crippen LogP contribution in [0.2, 0.25) is 0 Å². The van der Waals surface area contributed by atoms with Gasteiger partial charge < -0.3 is 4.90 Å². The molecular weight excluding hydrogens is 296 g/mol. The van der Waals surface area contributed by atoms with Gasteiger partial charge in [0.2, 0.25) is 10.0 Å². The molecule has 1 fully saturated rings. The van der Waals surface area contributed by atoms with Crippen LogP contribution in [0.3, 0.4) is 0 Å². The van der Waals surface area contributed by atoms with E-state index in [1.54, 1.807) is 16.4 Å². The van der Waals surface area contributed by atoms with Gasteiger partial charge in [-0.2, -0.15) is 4.31 Å². The van der Waals surface area contributed by atoms with Crippen molar-refractivity contribution in [2.45, 2.75) is 24.3 Å². The Morgan fingerprint density at radius 1 is 1.25 bits per heavy atom. The van der Waals surface area contributed by atoms with Crippen molar-refractivity contribution in [2.24, 2.45) is 0 Å². The van der Waals surface area contributed by atoms with Crippen LogP contribution < -0.4 is 0 Å². The Hall–Kier alpha value is -0.620. The molecule has 0 N–H and O–H groups in total. The van der Waals surface area contributed by atoms with E-state index >= 15 is 0 Å². The maximum atomic E-state index is 12.6. The summed E-state index contributed by atoms with van der Waals surface area (Å²) in [6.45, 7) is 3.91. The second kappa shape index (κ2) is 6.43. The summed E-state index contributed by atoms with van der Waals surface area (Å²) >= 11 is 5.69. The highest BCUT2D eigenvalue weighted by molar-refractivity contribution is 7.89. The molecule has 1 aromatic carbocycles. The summed E-state index contributed by atoms with van der Waals surface area (Å²) in [4.78, 5) is 2.54. The lowest BCUT2D eigenvalue weighted by molar-refractivity contribution is 0.159. The molecule has 1 unspecified atom stereocenters. The number of sulfonamides is 1. The maximum Gasteiger partial charge on any atom is 0.243 e. The largest absolute Gasteiger partial charge is 0.301 e. The second-order valence-corrected chi connectivity index (χ2v) is 7.59. The number of hydrogen-bond donors (Lipinski definition) is 0. The number of alkyl halides is 1. The zero-order valence-electron chi connectivity index (χ0n) is 11.9. The molecule has 0 saturated carbocycles. The minimum atomic E-state index is -3.38. The highest BCUT2D eigenvalue weighted by Gasteiger charge is 2.30. The van der Waals surface area contributed by atoms with Crippen molar-refractivity contribution in [2.75, 3.05) is 32.6 Å². The van der Waals surface area contributed by atoms with Crippen LogP contribution in [0.15, 0.2) is 29.2 Å². The van der Waals surface area contributed by atoms with Gasteiger partial charge in [0.1, 0.15) is 0 Å². The molecule has 1 atom stereocenters. The van der Waals surface area contributed by atoms with E-state index in [-0.39, 0.29) is 6.04 Å². The van der Waals surface area contributed by atoms with Crippen molar-refractivity contribution < 1.29 is 8.42 Å². The Bertz CT molecular complexity index is 545. The first kappa shape index (κ1) is 15.8. The zero-order chi connectivity index (χ0) is 14.8. The van der Waals surface area contributed by atoms with Gasteiger partial charge in [0.25, 0.3) is 0 Å². The molecule has 20 heavy (non-hydrogen) atoms. The molecule has 1 saturated heterocycles. The number of nitrogens with zero attached hydrogens (tertiary/aromatic N) is 2. The molecule has 0 aromatic heterocycles. The summed E-state index contributed by atoms with van der Waals surface area (Å²) in [7, 11) is -1.35. The molecule has 0 amide bonds. The van der Waals surface area contributed by atoms with E-state index in [1.807, 2.05) is 26.1 Å². The Morgan fingerprint density at radius 2 is 1.90 bits per heavy atom. The van der Waals surface area contributed by atoms with Gasteiger partial charge in [0, 0.05) is 31.6 Å². The maximum absolute atomic E-state index is 12.6. The van der Waals surface area contributed by atoms with Crippen LogP contribution in [0.1, 0.15) is 12.5 Å². The molecule has 112 valence electrons. The monoisotopic (exact) mass is 316 g/mol. The molecule has 4 nitrogen and oxygen atoms in total. The average Bonchev–Trinajstić information content (AvgIpc) is 2.43. The molecule has 6 heteroatoms. The summed E-state index contributed by atoms with van der Waals surface area (Å²) in [5.41, 5.74) is 1.06. The zero-order valence-corrected chi connectivity index (χ0v) is 13.5. The summed E-state index contributed by atoms with van der Waals surface area (Å²) in [6.07, 6.45) is 0.757. The first-order chi connectivity index (χ1) is 9.45. The quantitative estimate of drug-likeness (QED) is 0.795. The number of piperazine rings is 1. The van der Waals surface area contributed by atoms with Crippen LogP contribution >= 0.6 is 11.6 Å². The molecule has 1 aliphatic heterocycles. The molecule has 0 aliphatic carbocycles. The van der Waals surface area contributed by atoms with Gasteiger partial charge in [0.05, 0.1) is 4.90 Å². The van der Waals surface area contributed by atoms with Gasteiger partial charge in [-0.15, -0.1) is 11.6 Å². The summed E-state index contributed by atoms with van der Waals surface area (Å²) < 4.78 is 26.8. The Kier molecular flexibility index (Phi) is 5.07. The number of likely N-dealkylation sites (N-methyl/N-ethyl adjacent to an activating group) is 1. The Labute approximate surface area is 126 Å². The Balaban J connectivity index is 2.17. The Morgan fingerprint density at radius 3 is 2.45 bits per heavy atom. The van der Waals surface area contributed by atoms with Gasteiger partial charge in [0.15, 0.2) is 0 Å². The van der Waals surface area contributed by atoms with Gasteiger partial charge >= 0.3 is 0 Å². The van der Waals surface area contributed by atoms with Crippen molar-refractivity contribution in [1.82, 2.24) is 9.21 Å². The first-order valence-electron chi connectivity index (χ1n) is 6.80. The van der Waals surface area contributed by atoms with Crippen LogP contribution in [-0.2, 0) is 16.4 Å². The molecule has 0 bridgehead atoms. The van der Waals surface area contributed by atoms with Gasteiger partial charge in [-0.3, -0.25) is 0 Å². The highest BCUT2D eigenvalue weighted by atomic mass is 35.5. The van der Waals surface area contributed by atoms with Crippen molar-refractivity contribution in [3.05, 3.63) is 29.8 Å². The van der Waals surface area contributed by atoms with Gasteiger partial charge in [-0.1, -0.05) is 12.1 Å². The first-order valence-corrected chi connectivity index (χ1v) is 8.78. The molecule has 0 radical (unpaired) electrons. The third-order valence-electron chi connectivity index (χ3n) is 3.87. The summed E-state index contributed by atoms with van der Waals surface area (Å²) in [6, 6.07) is 7.29. The fourth-order valence-corrected chi connectivity index (χ4v) is 4.05. The SMILES string of the molecule is CC1CN(S(=O)(=O)c2ccc(CCCl)cc2)CCN1C. The van der Waals surface area contributed by atoms with E-state index in [1.165, 1.54) is 0 Å². The predicted molar refractivity (Wildman–Crippen MR) is 81.7 cm³/mol. The van der Waals surface area contributed by atoms with Crippen LogP contribution in [0.25, 0.3) is 0 Å². The van der Waals surface area contributed by atoms with E-state index in [4.69, 9.17) is 11.6 Å². The fraction of sp³-hybridized carbons (Fsp3) is 0.571. The molecular formula is C14H21ClN2O2S. The van der Waals surface area contributed by atoms with Crippen molar-refractivity contribution in [3.63, 3.8) is 0 Å². The molecule has 1 aliphatic rings. The number of hydrogen-bond acceptors (Lipinski definition) is 3. The lowest BCUT2D eigenvalue weighted by atomic mass is 10.2. The summed E-state index contributed by atoms with van der Waals surface area (Å²) in [5.74, 6) is 0.544. The number of halogens is 1. The lowest BCUT2D eigenvalue weighted by Gasteiger charge is -2.36. The molecule has 2 rings (SSSR count). The van der Waals surface area contributed by atoms with Crippen molar-refractivity contribution in [3.8, 4) is 0 Å². The number of rotatable bonds is 4. The van der Waals surface area contributed by atoms with E-state index in [2.05, 4.69) is 4.90 Å². The summed E-state index contributed by atoms with van der Waals surface area (Å²) in [5, 5.41) is 0. The highest BCUT2D eigenvalue weighted by Crippen LogP contribution is 2.20. The van der Waals surface area contributed by atoms with Crippen LogP contribution in [0.5, 0.6) is 0 Å². The van der Waals surface area contributed by atoms with E-state index in [0.717, 1.165) is 18.5 Å². The topological polar surface area (TPSA) is 40.6 Å². The minimum absolute atomic E-state index is 0.244. The van der Waals surface area contributed by atoms with Crippen molar-refractivity contribution in [1.29, 1.82) is 0 Å². The molecule has 1 heterocycles. The van der Waals surface area contributed by atoms with Crippen LogP contribution in [0, 0.1) is 0 Å². The smallest absolute Gasteiger partial charge is 0.243 e. The minimum Gasteiger partial charge on any atom is -0.301 e.